The van der Waals surface area contributed by atoms with Crippen LogP contribution in [0, 0.1) is 5.92 Å². The van der Waals surface area contributed by atoms with E-state index in [1.807, 2.05) is 6.20 Å². The van der Waals surface area contributed by atoms with Crippen molar-refractivity contribution >= 4 is 0 Å². The van der Waals surface area contributed by atoms with Crippen molar-refractivity contribution in [1.29, 1.82) is 0 Å². The average molecular weight is 281 g/mol. The summed E-state index contributed by atoms with van der Waals surface area (Å²) in [6.45, 7) is 10.7. The molecule has 0 spiro atoms. The Morgan fingerprint density at radius 2 is 2.05 bits per heavy atom. The van der Waals surface area contributed by atoms with Crippen molar-refractivity contribution < 1.29 is 4.74 Å². The number of aryl methyl sites for hydroxylation is 1. The highest BCUT2D eigenvalue weighted by Crippen LogP contribution is 2.34. The molecule has 1 rings (SSSR count). The molecule has 0 aliphatic rings. The van der Waals surface area contributed by atoms with Crippen LogP contribution in [0.15, 0.2) is 6.20 Å². The lowest BCUT2D eigenvalue weighted by Gasteiger charge is -2.28. The molecule has 0 aliphatic heterocycles. The normalized spacial score (nSPS) is 14.2. The molecule has 0 radical (unpaired) electrons. The van der Waals surface area contributed by atoms with Gasteiger partial charge in [-0.25, -0.2) is 0 Å². The van der Waals surface area contributed by atoms with Crippen LogP contribution < -0.4 is 10.1 Å². The number of ether oxygens (including phenoxy) is 1. The Morgan fingerprint density at radius 3 is 2.55 bits per heavy atom. The minimum atomic E-state index is 0.328. The van der Waals surface area contributed by atoms with Crippen LogP contribution in [0.3, 0.4) is 0 Å². The maximum atomic E-state index is 5.53. The number of nitrogens with zero attached hydrogens (tertiary/aromatic N) is 2. The molecule has 1 aromatic heterocycles. The fourth-order valence-corrected chi connectivity index (χ4v) is 2.88. The number of aromatic nitrogens is 2. The topological polar surface area (TPSA) is 39.1 Å². The van der Waals surface area contributed by atoms with Gasteiger partial charge in [-0.2, -0.15) is 5.10 Å². The number of hydrogen-bond donors (Lipinski definition) is 1. The second kappa shape index (κ2) is 9.01. The minimum Gasteiger partial charge on any atom is -0.493 e. The molecule has 20 heavy (non-hydrogen) atoms. The van der Waals surface area contributed by atoms with Gasteiger partial charge in [-0.05, 0) is 25.8 Å². The lowest BCUT2D eigenvalue weighted by atomic mass is 9.89. The van der Waals surface area contributed by atoms with Gasteiger partial charge in [-0.3, -0.25) is 4.68 Å². The fourth-order valence-electron chi connectivity index (χ4n) is 2.88. The molecule has 0 saturated carbocycles. The standard InChI is InChI=1S/C16H31N3O/c1-6-10-11-13(7-2)15(17-8-3)16-14(20-5)12-18-19(16)9-4/h12-13,15,17H,6-11H2,1-5H3. The van der Waals surface area contributed by atoms with E-state index in [1.165, 1.54) is 31.4 Å². The quantitative estimate of drug-likeness (QED) is 0.709. The van der Waals surface area contributed by atoms with E-state index in [1.54, 1.807) is 7.11 Å². The van der Waals surface area contributed by atoms with Gasteiger partial charge < -0.3 is 10.1 Å². The van der Waals surface area contributed by atoms with Gasteiger partial charge in [0.1, 0.15) is 0 Å². The van der Waals surface area contributed by atoms with E-state index in [0.29, 0.717) is 12.0 Å². The molecule has 2 atom stereocenters. The molecule has 1 aromatic rings. The molecule has 116 valence electrons. The number of methoxy groups -OCH3 is 1. The van der Waals surface area contributed by atoms with Crippen LogP contribution in [0.25, 0.3) is 0 Å². The third-order valence-electron chi connectivity index (χ3n) is 4.01. The second-order valence-corrected chi connectivity index (χ2v) is 5.26. The van der Waals surface area contributed by atoms with Gasteiger partial charge >= 0.3 is 0 Å². The van der Waals surface area contributed by atoms with Crippen molar-refractivity contribution in [3.63, 3.8) is 0 Å². The van der Waals surface area contributed by atoms with E-state index in [2.05, 4.69) is 42.8 Å². The third-order valence-corrected chi connectivity index (χ3v) is 4.01. The summed E-state index contributed by atoms with van der Waals surface area (Å²) in [6.07, 6.45) is 6.80. The van der Waals surface area contributed by atoms with Crippen molar-refractivity contribution in [3.05, 3.63) is 11.9 Å². The Kier molecular flexibility index (Phi) is 7.67. The van der Waals surface area contributed by atoms with E-state index in [-0.39, 0.29) is 0 Å². The summed E-state index contributed by atoms with van der Waals surface area (Å²) in [5.74, 6) is 1.54. The number of unbranched alkanes of at least 4 members (excludes halogenated alkanes) is 1. The molecule has 0 amide bonds. The lowest BCUT2D eigenvalue weighted by Crippen LogP contribution is -2.30. The molecule has 0 bridgehead atoms. The Hall–Kier alpha value is -1.03. The predicted molar refractivity (Wildman–Crippen MR) is 84.2 cm³/mol. The second-order valence-electron chi connectivity index (χ2n) is 5.26. The molecule has 0 aromatic carbocycles. The van der Waals surface area contributed by atoms with Crippen molar-refractivity contribution in [2.75, 3.05) is 13.7 Å². The van der Waals surface area contributed by atoms with Gasteiger partial charge in [0, 0.05) is 6.54 Å². The highest BCUT2D eigenvalue weighted by atomic mass is 16.5. The number of nitrogens with one attached hydrogen (secondary N) is 1. The largest absolute Gasteiger partial charge is 0.493 e. The van der Waals surface area contributed by atoms with E-state index in [9.17, 15) is 0 Å². The first-order chi connectivity index (χ1) is 9.73. The van der Waals surface area contributed by atoms with Crippen LogP contribution in [0.2, 0.25) is 0 Å². The van der Waals surface area contributed by atoms with Gasteiger partial charge in [0.15, 0.2) is 5.75 Å². The van der Waals surface area contributed by atoms with Crippen molar-refractivity contribution in [1.82, 2.24) is 15.1 Å². The van der Waals surface area contributed by atoms with Gasteiger partial charge in [0.2, 0.25) is 0 Å². The van der Waals surface area contributed by atoms with Crippen molar-refractivity contribution in [3.8, 4) is 5.75 Å². The Balaban J connectivity index is 3.07. The van der Waals surface area contributed by atoms with Crippen LogP contribution >= 0.6 is 0 Å². The molecule has 0 aliphatic carbocycles. The molecule has 2 unspecified atom stereocenters. The molecule has 4 nitrogen and oxygen atoms in total. The first kappa shape index (κ1) is 17.0. The zero-order chi connectivity index (χ0) is 15.0. The summed E-state index contributed by atoms with van der Waals surface area (Å²) >= 11 is 0. The van der Waals surface area contributed by atoms with Gasteiger partial charge in [-0.1, -0.05) is 40.0 Å². The van der Waals surface area contributed by atoms with Crippen LogP contribution in [-0.4, -0.2) is 23.4 Å². The van der Waals surface area contributed by atoms with Gasteiger partial charge in [0.05, 0.1) is 25.0 Å². The number of rotatable bonds is 10. The summed E-state index contributed by atoms with van der Waals surface area (Å²) < 4.78 is 7.60. The Bertz CT molecular complexity index is 354. The van der Waals surface area contributed by atoms with Crippen molar-refractivity contribution in [2.24, 2.45) is 5.92 Å². The summed E-state index contributed by atoms with van der Waals surface area (Å²) in [5.41, 5.74) is 1.21. The van der Waals surface area contributed by atoms with Gasteiger partial charge in [-0.15, -0.1) is 0 Å². The molecule has 1 heterocycles. The average Bonchev–Trinajstić information content (AvgIpc) is 2.89. The third kappa shape index (κ3) is 3.98. The van der Waals surface area contributed by atoms with E-state index in [0.717, 1.165) is 18.8 Å². The van der Waals surface area contributed by atoms with Crippen LogP contribution in [-0.2, 0) is 6.54 Å². The highest BCUT2D eigenvalue weighted by molar-refractivity contribution is 5.29. The highest BCUT2D eigenvalue weighted by Gasteiger charge is 2.27. The lowest BCUT2D eigenvalue weighted by molar-refractivity contribution is 0.300. The maximum absolute atomic E-state index is 5.53. The maximum Gasteiger partial charge on any atom is 0.161 e. The summed E-state index contributed by atoms with van der Waals surface area (Å²) in [5, 5.41) is 8.11. The van der Waals surface area contributed by atoms with Gasteiger partial charge in [0.25, 0.3) is 0 Å². The first-order valence-electron chi connectivity index (χ1n) is 8.06. The summed E-state index contributed by atoms with van der Waals surface area (Å²) in [6, 6.07) is 0.328. The smallest absolute Gasteiger partial charge is 0.161 e. The molecule has 4 heteroatoms. The van der Waals surface area contributed by atoms with Crippen LogP contribution in [0.5, 0.6) is 5.75 Å². The van der Waals surface area contributed by atoms with E-state index in [4.69, 9.17) is 4.74 Å². The van der Waals surface area contributed by atoms with Crippen LogP contribution in [0.1, 0.15) is 65.1 Å². The molecular formula is C16H31N3O. The predicted octanol–water partition coefficient (Wildman–Crippen LogP) is 3.78. The zero-order valence-corrected chi connectivity index (χ0v) is 13.8. The summed E-state index contributed by atoms with van der Waals surface area (Å²) in [7, 11) is 1.73. The van der Waals surface area contributed by atoms with Crippen LogP contribution in [0.4, 0.5) is 0 Å². The molecule has 0 saturated heterocycles. The molecule has 0 fully saturated rings. The Morgan fingerprint density at radius 1 is 1.30 bits per heavy atom. The summed E-state index contributed by atoms with van der Waals surface area (Å²) in [4.78, 5) is 0. The molecule has 1 N–H and O–H groups in total. The minimum absolute atomic E-state index is 0.328. The Labute approximate surface area is 123 Å². The first-order valence-corrected chi connectivity index (χ1v) is 8.06. The number of hydrogen-bond acceptors (Lipinski definition) is 3. The van der Waals surface area contributed by atoms with Crippen molar-refractivity contribution in [2.45, 2.75) is 66.0 Å². The monoisotopic (exact) mass is 281 g/mol. The SMILES string of the molecule is CCCCC(CC)C(NCC)c1c(OC)cnn1CC. The fraction of sp³-hybridized carbons (Fsp3) is 0.812. The zero-order valence-electron chi connectivity index (χ0n) is 13.8. The van der Waals surface area contributed by atoms with E-state index >= 15 is 0 Å². The van der Waals surface area contributed by atoms with E-state index < -0.39 is 0 Å². The molecular weight excluding hydrogens is 250 g/mol.